The number of rotatable bonds is 20. The second-order valence-corrected chi connectivity index (χ2v) is 7.52. The number of unbranched alkanes of at least 4 members (excludes halogenated alkanes) is 20. The predicted molar refractivity (Wildman–Crippen MR) is 108 cm³/mol. The molecule has 0 aromatic rings. The molecule has 0 amide bonds. The van der Waals surface area contributed by atoms with E-state index in [0.29, 0.717) is 0 Å². The molecule has 0 atom stereocenters. The van der Waals surface area contributed by atoms with E-state index in [0.717, 1.165) is 0 Å². The largest absolute Gasteiger partial charge is 0.0654 e. The van der Waals surface area contributed by atoms with E-state index in [9.17, 15) is 0 Å². The van der Waals surface area contributed by atoms with Crippen molar-refractivity contribution in [2.75, 3.05) is 0 Å². The van der Waals surface area contributed by atoms with Crippen LogP contribution in [0.5, 0.6) is 0 Å². The van der Waals surface area contributed by atoms with Gasteiger partial charge in [0.25, 0.3) is 0 Å². The zero-order chi connectivity index (χ0) is 16.8. The average molecular weight is 324 g/mol. The van der Waals surface area contributed by atoms with Crippen LogP contribution in [0.15, 0.2) is 0 Å². The Hall–Kier alpha value is 0. The molecular formula is C23H47. The second-order valence-electron chi connectivity index (χ2n) is 7.52. The van der Waals surface area contributed by atoms with Gasteiger partial charge in [0.15, 0.2) is 0 Å². The van der Waals surface area contributed by atoms with E-state index in [-0.39, 0.29) is 0 Å². The molecule has 1 radical (unpaired) electrons. The smallest absolute Gasteiger partial charge is 0.0386 e. The zero-order valence-electron chi connectivity index (χ0n) is 16.7. The van der Waals surface area contributed by atoms with Gasteiger partial charge in [0.1, 0.15) is 0 Å². The van der Waals surface area contributed by atoms with Crippen molar-refractivity contribution < 1.29 is 0 Å². The van der Waals surface area contributed by atoms with Crippen LogP contribution in [-0.4, -0.2) is 0 Å². The van der Waals surface area contributed by atoms with Gasteiger partial charge in [0.2, 0.25) is 0 Å². The molecule has 139 valence electrons. The molecule has 0 nitrogen and oxygen atoms in total. The zero-order valence-corrected chi connectivity index (χ0v) is 16.7. The molecule has 0 aromatic carbocycles. The normalized spacial score (nSPS) is 11.2. The Balaban J connectivity index is 2.92. The Kier molecular flexibility index (Phi) is 22.0. The van der Waals surface area contributed by atoms with Crippen molar-refractivity contribution in [2.45, 2.75) is 142 Å². The van der Waals surface area contributed by atoms with Gasteiger partial charge in [-0.15, -0.1) is 0 Å². The van der Waals surface area contributed by atoms with Crippen molar-refractivity contribution in [3.63, 3.8) is 0 Å². The lowest BCUT2D eigenvalue weighted by Crippen LogP contribution is -1.84. The molecule has 0 aliphatic heterocycles. The second kappa shape index (κ2) is 22.0. The molecule has 0 saturated heterocycles. The molecule has 0 aliphatic rings. The van der Waals surface area contributed by atoms with Crippen LogP contribution in [0.1, 0.15) is 142 Å². The standard InChI is InChI=1S/C23H47/c1-3-5-7-9-11-13-15-17-19-21-23-22-20-18-16-14-12-10-8-6-4-2/h19H,3-18,20-23H2,1-2H3. The summed E-state index contributed by atoms with van der Waals surface area (Å²) in [4.78, 5) is 0. The molecule has 0 spiro atoms. The first-order valence-electron chi connectivity index (χ1n) is 11.2. The third-order valence-electron chi connectivity index (χ3n) is 5.02. The quantitative estimate of drug-likeness (QED) is 0.196. The molecular weight excluding hydrogens is 276 g/mol. The van der Waals surface area contributed by atoms with E-state index in [4.69, 9.17) is 0 Å². The van der Waals surface area contributed by atoms with E-state index < -0.39 is 0 Å². The highest BCUT2D eigenvalue weighted by Crippen LogP contribution is 2.14. The van der Waals surface area contributed by atoms with E-state index in [1.807, 2.05) is 0 Å². The minimum Gasteiger partial charge on any atom is -0.0654 e. The number of hydrogen-bond donors (Lipinski definition) is 0. The van der Waals surface area contributed by atoms with Crippen molar-refractivity contribution >= 4 is 0 Å². The average Bonchev–Trinajstić information content (AvgIpc) is 2.57. The van der Waals surface area contributed by atoms with Crippen LogP contribution in [0, 0.1) is 6.42 Å². The van der Waals surface area contributed by atoms with E-state index >= 15 is 0 Å². The van der Waals surface area contributed by atoms with Gasteiger partial charge in [-0.2, -0.15) is 0 Å². The topological polar surface area (TPSA) is 0 Å². The fourth-order valence-electron chi connectivity index (χ4n) is 3.34. The highest BCUT2D eigenvalue weighted by atomic mass is 14.0. The van der Waals surface area contributed by atoms with Crippen LogP contribution in [0.3, 0.4) is 0 Å². The Bertz CT molecular complexity index is 164. The van der Waals surface area contributed by atoms with Crippen molar-refractivity contribution in [1.82, 2.24) is 0 Å². The first kappa shape index (κ1) is 23.0. The molecule has 0 unspecified atom stereocenters. The third kappa shape index (κ3) is 22.0. The summed E-state index contributed by atoms with van der Waals surface area (Å²) in [7, 11) is 0. The van der Waals surface area contributed by atoms with Gasteiger partial charge in [-0.1, -0.05) is 142 Å². The van der Waals surface area contributed by atoms with Crippen molar-refractivity contribution in [3.8, 4) is 0 Å². The molecule has 0 fully saturated rings. The molecule has 0 aliphatic carbocycles. The van der Waals surface area contributed by atoms with Crippen molar-refractivity contribution in [2.24, 2.45) is 0 Å². The Labute approximate surface area is 149 Å². The fraction of sp³-hybridized carbons (Fsp3) is 0.957. The first-order chi connectivity index (χ1) is 11.4. The molecule has 0 heterocycles. The maximum atomic E-state index is 2.56. The summed E-state index contributed by atoms with van der Waals surface area (Å²) >= 11 is 0. The van der Waals surface area contributed by atoms with Crippen LogP contribution in [0.2, 0.25) is 0 Å². The molecule has 0 saturated carbocycles. The highest BCUT2D eigenvalue weighted by molar-refractivity contribution is 4.64. The summed E-state index contributed by atoms with van der Waals surface area (Å²) in [6, 6.07) is 0. The monoisotopic (exact) mass is 323 g/mol. The molecule has 0 heteroatoms. The van der Waals surface area contributed by atoms with Crippen LogP contribution in [0.25, 0.3) is 0 Å². The van der Waals surface area contributed by atoms with Gasteiger partial charge in [-0.3, -0.25) is 0 Å². The van der Waals surface area contributed by atoms with E-state index in [1.54, 1.807) is 0 Å². The molecule has 23 heavy (non-hydrogen) atoms. The maximum Gasteiger partial charge on any atom is -0.0386 e. The van der Waals surface area contributed by atoms with Gasteiger partial charge in [-0.05, 0) is 6.42 Å². The minimum atomic E-state index is 1.37. The van der Waals surface area contributed by atoms with Crippen molar-refractivity contribution in [1.29, 1.82) is 0 Å². The van der Waals surface area contributed by atoms with E-state index in [2.05, 4.69) is 20.3 Å². The van der Waals surface area contributed by atoms with Crippen LogP contribution >= 0.6 is 0 Å². The van der Waals surface area contributed by atoms with Gasteiger partial charge in [0, 0.05) is 0 Å². The summed E-state index contributed by atoms with van der Waals surface area (Å²) in [5.41, 5.74) is 0. The summed E-state index contributed by atoms with van der Waals surface area (Å²) in [6.45, 7) is 4.59. The van der Waals surface area contributed by atoms with Gasteiger partial charge in [0.05, 0.1) is 0 Å². The molecule has 0 aromatic heterocycles. The Morgan fingerprint density at radius 2 is 0.609 bits per heavy atom. The third-order valence-corrected chi connectivity index (χ3v) is 5.02. The van der Waals surface area contributed by atoms with Gasteiger partial charge >= 0.3 is 0 Å². The lowest BCUT2D eigenvalue weighted by molar-refractivity contribution is 0.545. The predicted octanol–water partition coefficient (Wildman–Crippen LogP) is 9.03. The highest BCUT2D eigenvalue weighted by Gasteiger charge is 1.95. The summed E-state index contributed by atoms with van der Waals surface area (Å²) in [5.74, 6) is 0. The first-order valence-corrected chi connectivity index (χ1v) is 11.2. The van der Waals surface area contributed by atoms with Crippen LogP contribution < -0.4 is 0 Å². The van der Waals surface area contributed by atoms with Crippen LogP contribution in [-0.2, 0) is 0 Å². The Morgan fingerprint density at radius 1 is 0.348 bits per heavy atom. The minimum absolute atomic E-state index is 1.37. The fourth-order valence-corrected chi connectivity index (χ4v) is 3.34. The summed E-state index contributed by atoms with van der Waals surface area (Å²) in [6.07, 6.45) is 31.4. The van der Waals surface area contributed by atoms with Gasteiger partial charge in [-0.25, -0.2) is 0 Å². The maximum absolute atomic E-state index is 2.56. The Morgan fingerprint density at radius 3 is 0.913 bits per heavy atom. The van der Waals surface area contributed by atoms with Crippen molar-refractivity contribution in [3.05, 3.63) is 6.42 Å². The molecule has 0 rings (SSSR count). The summed E-state index contributed by atoms with van der Waals surface area (Å²) < 4.78 is 0. The lowest BCUT2D eigenvalue weighted by atomic mass is 10.0. The molecule has 0 N–H and O–H groups in total. The van der Waals surface area contributed by atoms with Gasteiger partial charge < -0.3 is 0 Å². The lowest BCUT2D eigenvalue weighted by Gasteiger charge is -2.03. The van der Waals surface area contributed by atoms with Crippen LogP contribution in [0.4, 0.5) is 0 Å². The van der Waals surface area contributed by atoms with E-state index in [1.165, 1.54) is 128 Å². The number of hydrogen-bond acceptors (Lipinski definition) is 0. The SMILES string of the molecule is CCCCCCCCC[CH]CCCCCCCCCCCCC. The summed E-state index contributed by atoms with van der Waals surface area (Å²) in [5, 5.41) is 0. The molecule has 0 bridgehead atoms.